The van der Waals surface area contributed by atoms with Crippen molar-refractivity contribution in [1.29, 1.82) is 5.26 Å². The van der Waals surface area contributed by atoms with Crippen LogP contribution in [0.1, 0.15) is 0 Å². The number of alkyl halides is 2. The Morgan fingerprint density at radius 2 is 1.86 bits per heavy atom. The van der Waals surface area contributed by atoms with Gasteiger partial charge in [0.2, 0.25) is 0 Å². The molecule has 0 heterocycles. The van der Waals surface area contributed by atoms with Crippen LogP contribution in [-0.2, 0) is 0 Å². The predicted octanol–water partition coefficient (Wildman–Crippen LogP) is 1.07. The summed E-state index contributed by atoms with van der Waals surface area (Å²) in [6, 6.07) is 1.45. The monoisotopic (exact) mass is 105 g/mol. The van der Waals surface area contributed by atoms with Crippen molar-refractivity contribution in [1.82, 2.24) is 0 Å². The lowest BCUT2D eigenvalue weighted by molar-refractivity contribution is 0.339. The van der Waals surface area contributed by atoms with Crippen molar-refractivity contribution in [2.24, 2.45) is 5.92 Å². The topological polar surface area (TPSA) is 23.8 Å². The van der Waals surface area contributed by atoms with Crippen molar-refractivity contribution in [3.8, 4) is 6.07 Å². The van der Waals surface area contributed by atoms with Gasteiger partial charge in [-0.2, -0.15) is 5.26 Å². The van der Waals surface area contributed by atoms with Gasteiger partial charge in [-0.15, -0.1) is 0 Å². The van der Waals surface area contributed by atoms with Gasteiger partial charge in [-0.1, -0.05) is 0 Å². The molecule has 0 amide bonds. The van der Waals surface area contributed by atoms with Crippen LogP contribution in [0, 0.1) is 17.2 Å². The first-order valence-corrected chi connectivity index (χ1v) is 1.86. The first kappa shape index (κ1) is 6.35. The Labute approximate surface area is 40.6 Å². The molecule has 0 aliphatic heterocycles. The highest BCUT2D eigenvalue weighted by Gasteiger charge is 2.02. The molecule has 0 aliphatic carbocycles. The Bertz CT molecular complexity index is 72.2. The average molecular weight is 105 g/mol. The number of rotatable bonds is 2. The molecule has 0 radical (unpaired) electrons. The molecule has 0 aromatic rings. The molecule has 3 heteroatoms. The molecule has 0 N–H and O–H groups in total. The summed E-state index contributed by atoms with van der Waals surface area (Å²) in [5.41, 5.74) is 0. The van der Waals surface area contributed by atoms with Crippen molar-refractivity contribution >= 4 is 0 Å². The summed E-state index contributed by atoms with van der Waals surface area (Å²) in [5, 5.41) is 7.80. The molecule has 7 heavy (non-hydrogen) atoms. The minimum absolute atomic E-state index is 0.882. The van der Waals surface area contributed by atoms with Crippen LogP contribution >= 0.6 is 0 Å². The normalized spacial score (nSPS) is 8.86. The van der Waals surface area contributed by atoms with Crippen LogP contribution in [0.3, 0.4) is 0 Å². The van der Waals surface area contributed by atoms with Crippen molar-refractivity contribution in [2.45, 2.75) is 0 Å². The summed E-state index contributed by atoms with van der Waals surface area (Å²) in [6.45, 7) is -1.76. The summed E-state index contributed by atoms with van der Waals surface area (Å²) in [6.07, 6.45) is 0. The molecule has 0 spiro atoms. The standard InChI is InChI=1S/C4H5F2N/c5-1-4(2-6)3-7/h4H,1-2H2. The Hall–Kier alpha value is -0.650. The third-order valence-corrected chi connectivity index (χ3v) is 0.555. The molecule has 0 unspecified atom stereocenters. The second-order valence-electron chi connectivity index (χ2n) is 1.13. The summed E-state index contributed by atoms with van der Waals surface area (Å²) >= 11 is 0. The highest BCUT2D eigenvalue weighted by molar-refractivity contribution is 4.80. The Morgan fingerprint density at radius 3 is 1.86 bits per heavy atom. The molecule has 0 atom stereocenters. The summed E-state index contributed by atoms with van der Waals surface area (Å²) in [4.78, 5) is 0. The van der Waals surface area contributed by atoms with E-state index < -0.39 is 19.3 Å². The second-order valence-corrected chi connectivity index (χ2v) is 1.13. The largest absolute Gasteiger partial charge is 0.250 e. The van der Waals surface area contributed by atoms with E-state index in [9.17, 15) is 8.78 Å². The molecule has 1 nitrogen and oxygen atoms in total. The van der Waals surface area contributed by atoms with Crippen LogP contribution < -0.4 is 0 Å². The third kappa shape index (κ3) is 2.10. The van der Waals surface area contributed by atoms with Gasteiger partial charge in [0.1, 0.15) is 19.3 Å². The van der Waals surface area contributed by atoms with Gasteiger partial charge in [0, 0.05) is 0 Å². The Kier molecular flexibility index (Phi) is 3.21. The van der Waals surface area contributed by atoms with E-state index in [1.54, 1.807) is 0 Å². The molecule has 0 aromatic heterocycles. The summed E-state index contributed by atoms with van der Waals surface area (Å²) < 4.78 is 22.4. The average Bonchev–Trinajstić information content (AvgIpc) is 1.72. The van der Waals surface area contributed by atoms with Crippen molar-refractivity contribution in [3.05, 3.63) is 0 Å². The van der Waals surface area contributed by atoms with Crippen molar-refractivity contribution < 1.29 is 8.78 Å². The fourth-order valence-corrected chi connectivity index (χ4v) is 0.110. The first-order chi connectivity index (χ1) is 3.35. The van der Waals surface area contributed by atoms with Crippen LogP contribution in [0.15, 0.2) is 0 Å². The molecular weight excluding hydrogens is 100 g/mol. The van der Waals surface area contributed by atoms with Crippen LogP contribution in [0.5, 0.6) is 0 Å². The van der Waals surface area contributed by atoms with Gasteiger partial charge in [0.25, 0.3) is 0 Å². The Balaban J connectivity index is 3.23. The van der Waals surface area contributed by atoms with Gasteiger partial charge < -0.3 is 0 Å². The zero-order chi connectivity index (χ0) is 5.70. The highest BCUT2D eigenvalue weighted by atomic mass is 19.1. The molecular formula is C4H5F2N. The molecule has 40 valence electrons. The first-order valence-electron chi connectivity index (χ1n) is 1.86. The maximum Gasteiger partial charge on any atom is 0.108 e. The van der Waals surface area contributed by atoms with Crippen LogP contribution in [-0.4, -0.2) is 13.3 Å². The molecule has 0 aromatic carbocycles. The van der Waals surface area contributed by atoms with E-state index in [-0.39, 0.29) is 0 Å². The number of hydrogen-bond acceptors (Lipinski definition) is 1. The van der Waals surface area contributed by atoms with Gasteiger partial charge in [0.05, 0.1) is 6.07 Å². The zero-order valence-corrected chi connectivity index (χ0v) is 3.69. The van der Waals surface area contributed by atoms with E-state index in [2.05, 4.69) is 0 Å². The lowest BCUT2D eigenvalue weighted by Crippen LogP contribution is -2.00. The molecule has 0 bridgehead atoms. The van der Waals surface area contributed by atoms with E-state index in [1.165, 1.54) is 6.07 Å². The number of halogens is 2. The number of nitriles is 1. The fraction of sp³-hybridized carbons (Fsp3) is 0.750. The molecule has 0 rings (SSSR count). The van der Waals surface area contributed by atoms with Crippen molar-refractivity contribution in [3.63, 3.8) is 0 Å². The molecule has 0 saturated heterocycles. The van der Waals surface area contributed by atoms with Crippen LogP contribution in [0.25, 0.3) is 0 Å². The van der Waals surface area contributed by atoms with Gasteiger partial charge in [-0.3, -0.25) is 0 Å². The van der Waals surface area contributed by atoms with Gasteiger partial charge in [-0.05, 0) is 0 Å². The van der Waals surface area contributed by atoms with Crippen LogP contribution in [0.4, 0.5) is 8.78 Å². The summed E-state index contributed by atoms with van der Waals surface area (Å²) in [7, 11) is 0. The zero-order valence-electron chi connectivity index (χ0n) is 3.69. The second kappa shape index (κ2) is 3.54. The van der Waals surface area contributed by atoms with Gasteiger partial charge in [0.15, 0.2) is 0 Å². The number of hydrogen-bond donors (Lipinski definition) is 0. The lowest BCUT2D eigenvalue weighted by atomic mass is 10.2. The maximum absolute atomic E-state index is 11.2. The molecule has 0 fully saturated rings. The van der Waals surface area contributed by atoms with Gasteiger partial charge >= 0.3 is 0 Å². The van der Waals surface area contributed by atoms with Crippen molar-refractivity contribution in [2.75, 3.05) is 13.3 Å². The summed E-state index contributed by atoms with van der Waals surface area (Å²) in [5.74, 6) is -1.04. The molecule has 0 saturated carbocycles. The number of nitrogens with zero attached hydrogens (tertiary/aromatic N) is 1. The third-order valence-electron chi connectivity index (χ3n) is 0.555. The highest BCUT2D eigenvalue weighted by Crippen LogP contribution is 1.93. The predicted molar refractivity (Wildman–Crippen MR) is 21.1 cm³/mol. The van der Waals surface area contributed by atoms with E-state index in [1.807, 2.05) is 0 Å². The van der Waals surface area contributed by atoms with Gasteiger partial charge in [-0.25, -0.2) is 8.78 Å². The van der Waals surface area contributed by atoms with E-state index >= 15 is 0 Å². The quantitative estimate of drug-likeness (QED) is 0.515. The SMILES string of the molecule is N#CC(CF)CF. The van der Waals surface area contributed by atoms with E-state index in [0.717, 1.165) is 0 Å². The Morgan fingerprint density at radius 1 is 1.43 bits per heavy atom. The maximum atomic E-state index is 11.2. The molecule has 0 aliphatic rings. The smallest absolute Gasteiger partial charge is 0.108 e. The minimum Gasteiger partial charge on any atom is -0.250 e. The van der Waals surface area contributed by atoms with E-state index in [0.29, 0.717) is 0 Å². The van der Waals surface area contributed by atoms with E-state index in [4.69, 9.17) is 5.26 Å². The minimum atomic E-state index is -1.04. The van der Waals surface area contributed by atoms with Crippen LogP contribution in [0.2, 0.25) is 0 Å². The lowest BCUT2D eigenvalue weighted by Gasteiger charge is -1.89. The fourth-order valence-electron chi connectivity index (χ4n) is 0.110.